The molecule has 2 N–H and O–H groups in total. The quantitative estimate of drug-likeness (QED) is 0.520. The summed E-state index contributed by atoms with van der Waals surface area (Å²) < 4.78 is 11.0. The summed E-state index contributed by atoms with van der Waals surface area (Å²) in [6.07, 6.45) is 6.38. The number of methoxy groups -OCH3 is 2. The van der Waals surface area contributed by atoms with Crippen LogP contribution in [-0.4, -0.2) is 19.8 Å². The summed E-state index contributed by atoms with van der Waals surface area (Å²) in [5.74, 6) is 1.87. The predicted octanol–water partition coefficient (Wildman–Crippen LogP) is 5.32. The highest BCUT2D eigenvalue weighted by Crippen LogP contribution is 2.34. The highest BCUT2D eigenvalue weighted by molar-refractivity contribution is 7.52. The van der Waals surface area contributed by atoms with E-state index in [1.807, 2.05) is 24.3 Å². The van der Waals surface area contributed by atoms with Gasteiger partial charge in [0, 0.05) is 10.6 Å². The molecule has 0 aliphatic heterocycles. The predicted molar refractivity (Wildman–Crippen MR) is 131 cm³/mol. The molecule has 0 fully saturated rings. The normalized spacial score (nSPS) is 15.2. The topological polar surface area (TPSA) is 44.5 Å². The lowest BCUT2D eigenvalue weighted by Gasteiger charge is -2.21. The zero-order valence-electron chi connectivity index (χ0n) is 18.1. The van der Waals surface area contributed by atoms with E-state index in [0.29, 0.717) is 17.2 Å². The van der Waals surface area contributed by atoms with E-state index in [0.717, 1.165) is 24.3 Å². The molecule has 5 heteroatoms. The van der Waals surface area contributed by atoms with Crippen LogP contribution in [0.4, 0.5) is 0 Å². The third-order valence-electron chi connectivity index (χ3n) is 4.54. The molecule has 2 aromatic carbocycles. The maximum absolute atomic E-state index is 6.71. The fourth-order valence-electron chi connectivity index (χ4n) is 3.09. The van der Waals surface area contributed by atoms with Crippen molar-refractivity contribution >= 4 is 27.8 Å². The summed E-state index contributed by atoms with van der Waals surface area (Å²) in [5.41, 5.74) is 6.21. The van der Waals surface area contributed by atoms with E-state index < -0.39 is 5.54 Å². The molecule has 2 unspecified atom stereocenters. The molecular formula is C24H33NO2P2. The van der Waals surface area contributed by atoms with Crippen LogP contribution in [0, 0.1) is 0 Å². The van der Waals surface area contributed by atoms with Gasteiger partial charge in [0.2, 0.25) is 0 Å². The van der Waals surface area contributed by atoms with Crippen LogP contribution in [0.15, 0.2) is 71.3 Å². The van der Waals surface area contributed by atoms with Gasteiger partial charge in [0.1, 0.15) is 11.5 Å². The summed E-state index contributed by atoms with van der Waals surface area (Å²) in [5, 5.41) is 5.11. The van der Waals surface area contributed by atoms with Crippen LogP contribution in [0.2, 0.25) is 0 Å². The van der Waals surface area contributed by atoms with Crippen molar-refractivity contribution in [1.82, 2.24) is 0 Å². The molecule has 29 heavy (non-hydrogen) atoms. The smallest absolute Gasteiger partial charge is 0.126 e. The number of rotatable bonds is 10. The third kappa shape index (κ3) is 7.27. The second-order valence-electron chi connectivity index (χ2n) is 7.06. The Kier molecular flexibility index (Phi) is 9.37. The van der Waals surface area contributed by atoms with Gasteiger partial charge < -0.3 is 15.2 Å². The number of hydrogen-bond donors (Lipinski definition) is 1. The van der Waals surface area contributed by atoms with Gasteiger partial charge in [0.25, 0.3) is 0 Å². The molecule has 0 aliphatic carbocycles. The standard InChI is InChI=1S/C24H33NO2P2/c1-6-18(28-22-14-10-8-12-20(22)26-4)16-24(3,25)17-19(7-2)29-23-15-11-9-13-21(23)27-5/h8-17,28-29H,6-7,25H2,1-5H3/b18-16-,19-17-. The van der Waals surface area contributed by atoms with Crippen LogP contribution in [0.5, 0.6) is 11.5 Å². The highest BCUT2D eigenvalue weighted by Gasteiger charge is 2.16. The van der Waals surface area contributed by atoms with Gasteiger partial charge in [-0.05, 0) is 42.5 Å². The van der Waals surface area contributed by atoms with E-state index >= 15 is 0 Å². The van der Waals surface area contributed by atoms with Crippen molar-refractivity contribution < 1.29 is 9.47 Å². The maximum atomic E-state index is 6.71. The number of nitrogens with two attached hydrogens (primary N) is 1. The maximum Gasteiger partial charge on any atom is 0.126 e. The Morgan fingerprint density at radius 3 is 1.55 bits per heavy atom. The number of para-hydroxylation sites is 2. The van der Waals surface area contributed by atoms with Crippen molar-refractivity contribution in [3.63, 3.8) is 0 Å². The minimum absolute atomic E-state index is 0.499. The summed E-state index contributed by atoms with van der Waals surface area (Å²) >= 11 is 0. The van der Waals surface area contributed by atoms with Gasteiger partial charge in [-0.1, -0.05) is 79.6 Å². The van der Waals surface area contributed by atoms with Crippen molar-refractivity contribution in [2.24, 2.45) is 5.73 Å². The van der Waals surface area contributed by atoms with E-state index in [1.54, 1.807) is 14.2 Å². The molecule has 0 heterocycles. The van der Waals surface area contributed by atoms with Gasteiger partial charge >= 0.3 is 0 Å². The Morgan fingerprint density at radius 2 is 1.21 bits per heavy atom. The minimum atomic E-state index is -0.499. The Labute approximate surface area is 179 Å². The first-order valence-corrected chi connectivity index (χ1v) is 11.9. The number of hydrogen-bond acceptors (Lipinski definition) is 3. The zero-order chi connectivity index (χ0) is 21.3. The molecule has 0 aromatic heterocycles. The minimum Gasteiger partial charge on any atom is -0.496 e. The molecule has 2 atom stereocenters. The van der Waals surface area contributed by atoms with Crippen LogP contribution in [0.25, 0.3) is 0 Å². The van der Waals surface area contributed by atoms with Crippen molar-refractivity contribution in [2.45, 2.75) is 39.2 Å². The molecule has 0 bridgehead atoms. The summed E-state index contributed by atoms with van der Waals surface area (Å²) in [6, 6.07) is 16.4. The van der Waals surface area contributed by atoms with E-state index in [1.165, 1.54) is 21.2 Å². The SMILES string of the molecule is CC/C(=C/C(C)(N)/C=C(/CC)Pc1ccccc1OC)Pc1ccccc1OC. The summed E-state index contributed by atoms with van der Waals surface area (Å²) in [4.78, 5) is 0. The van der Waals surface area contributed by atoms with Gasteiger partial charge in [-0.3, -0.25) is 0 Å². The van der Waals surface area contributed by atoms with E-state index in [9.17, 15) is 0 Å². The van der Waals surface area contributed by atoms with Gasteiger partial charge in [-0.15, -0.1) is 0 Å². The summed E-state index contributed by atoms with van der Waals surface area (Å²) in [7, 11) is 4.55. The third-order valence-corrected chi connectivity index (χ3v) is 7.54. The van der Waals surface area contributed by atoms with Crippen LogP contribution < -0.4 is 25.8 Å². The molecule has 0 saturated carbocycles. The van der Waals surface area contributed by atoms with Crippen molar-refractivity contribution in [3.05, 3.63) is 71.3 Å². The molecule has 0 radical (unpaired) electrons. The second-order valence-corrected chi connectivity index (χ2v) is 9.92. The van der Waals surface area contributed by atoms with Crippen LogP contribution >= 0.6 is 17.2 Å². The largest absolute Gasteiger partial charge is 0.496 e. The number of ether oxygens (including phenoxy) is 2. The van der Waals surface area contributed by atoms with Gasteiger partial charge in [-0.25, -0.2) is 0 Å². The monoisotopic (exact) mass is 429 g/mol. The fraction of sp³-hybridized carbons (Fsp3) is 0.333. The Morgan fingerprint density at radius 1 is 0.828 bits per heavy atom. The first-order chi connectivity index (χ1) is 13.9. The Bertz CT molecular complexity index is 790. The summed E-state index contributed by atoms with van der Waals surface area (Å²) in [6.45, 7) is 6.45. The second kappa shape index (κ2) is 11.5. The van der Waals surface area contributed by atoms with Gasteiger partial charge in [-0.2, -0.15) is 0 Å². The van der Waals surface area contributed by atoms with E-state index in [-0.39, 0.29) is 0 Å². The molecule has 2 aromatic rings. The van der Waals surface area contributed by atoms with Crippen molar-refractivity contribution in [2.75, 3.05) is 14.2 Å². The van der Waals surface area contributed by atoms with Crippen LogP contribution in [0.3, 0.4) is 0 Å². The molecule has 0 saturated heterocycles. The van der Waals surface area contributed by atoms with Crippen molar-refractivity contribution in [3.8, 4) is 11.5 Å². The lowest BCUT2D eigenvalue weighted by atomic mass is 10.0. The lowest BCUT2D eigenvalue weighted by Crippen LogP contribution is -2.31. The molecule has 0 spiro atoms. The molecule has 0 amide bonds. The lowest BCUT2D eigenvalue weighted by molar-refractivity contribution is 0.418. The number of benzene rings is 2. The zero-order valence-corrected chi connectivity index (χ0v) is 20.1. The van der Waals surface area contributed by atoms with Crippen LogP contribution in [-0.2, 0) is 0 Å². The van der Waals surface area contributed by atoms with Gasteiger partial charge in [0.05, 0.1) is 19.8 Å². The van der Waals surface area contributed by atoms with E-state index in [2.05, 4.69) is 57.2 Å². The molecule has 2 rings (SSSR count). The first-order valence-electron chi connectivity index (χ1n) is 9.94. The average molecular weight is 429 g/mol. The fourth-order valence-corrected chi connectivity index (χ4v) is 5.88. The first kappa shape index (κ1) is 23.6. The highest BCUT2D eigenvalue weighted by atomic mass is 31.1. The molecular weight excluding hydrogens is 396 g/mol. The molecule has 156 valence electrons. The Balaban J connectivity index is 2.25. The molecule has 3 nitrogen and oxygen atoms in total. The average Bonchev–Trinajstić information content (AvgIpc) is 2.73. The van der Waals surface area contributed by atoms with Crippen molar-refractivity contribution in [1.29, 1.82) is 0 Å². The molecule has 0 aliphatic rings. The van der Waals surface area contributed by atoms with Gasteiger partial charge in [0.15, 0.2) is 0 Å². The number of allylic oxidation sites excluding steroid dienone is 2. The van der Waals surface area contributed by atoms with Crippen LogP contribution in [0.1, 0.15) is 33.6 Å². The Hall–Kier alpha value is -1.66. The van der Waals surface area contributed by atoms with E-state index in [4.69, 9.17) is 15.2 Å².